The molecule has 0 atom stereocenters. The monoisotopic (exact) mass is 232 g/mol. The minimum Gasteiger partial charge on any atom is -0.449 e. The van der Waals surface area contributed by atoms with Gasteiger partial charge in [0.15, 0.2) is 0 Å². The van der Waals surface area contributed by atoms with Crippen LogP contribution in [-0.4, -0.2) is 23.5 Å². The van der Waals surface area contributed by atoms with Crippen LogP contribution in [0.5, 0.6) is 0 Å². The van der Waals surface area contributed by atoms with Crippen LogP contribution in [0.25, 0.3) is 0 Å². The van der Waals surface area contributed by atoms with Crippen LogP contribution in [0, 0.1) is 10.8 Å². The van der Waals surface area contributed by atoms with Crippen molar-refractivity contribution >= 4 is 12.3 Å². The second kappa shape index (κ2) is 4.72. The second-order valence-electron chi connectivity index (χ2n) is 5.85. The molecule has 94 valence electrons. The number of carbonyl (C=O) groups excluding carboxylic acids is 1. The fraction of sp³-hybridized carbons (Fsp3) is 0.818. The molecule has 0 aromatic heterocycles. The van der Waals surface area contributed by atoms with Crippen molar-refractivity contribution in [1.29, 1.82) is 0 Å². The molecule has 0 unspecified atom stereocenters. The molecule has 0 radical (unpaired) electrons. The van der Waals surface area contributed by atoms with Gasteiger partial charge in [0.25, 0.3) is 0 Å². The minimum atomic E-state index is -1.66. The van der Waals surface area contributed by atoms with E-state index < -0.39 is 18.4 Å². The van der Waals surface area contributed by atoms with Crippen LogP contribution in [0.4, 0.5) is 9.59 Å². The number of ether oxygens (including phenoxy) is 2. The number of hydrogen-bond acceptors (Lipinski definition) is 4. The molecule has 5 nitrogen and oxygen atoms in total. The zero-order valence-electron chi connectivity index (χ0n) is 10.7. The van der Waals surface area contributed by atoms with Crippen molar-refractivity contribution in [2.24, 2.45) is 10.8 Å². The Morgan fingerprint density at radius 3 is 1.62 bits per heavy atom. The van der Waals surface area contributed by atoms with E-state index in [9.17, 15) is 9.59 Å². The van der Waals surface area contributed by atoms with Gasteiger partial charge in [0.2, 0.25) is 0 Å². The Hall–Kier alpha value is -1.26. The molecule has 16 heavy (non-hydrogen) atoms. The van der Waals surface area contributed by atoms with Crippen molar-refractivity contribution in [3.8, 4) is 0 Å². The molecule has 0 fully saturated rings. The summed E-state index contributed by atoms with van der Waals surface area (Å²) < 4.78 is 8.97. The van der Waals surface area contributed by atoms with Crippen LogP contribution >= 0.6 is 0 Å². The maximum Gasteiger partial charge on any atom is 0.518 e. The molecule has 0 aliphatic heterocycles. The maximum absolute atomic E-state index is 11.1. The van der Waals surface area contributed by atoms with Crippen LogP contribution in [0.2, 0.25) is 0 Å². The van der Waals surface area contributed by atoms with E-state index in [0.29, 0.717) is 0 Å². The fourth-order valence-electron chi connectivity index (χ4n) is 1.84. The molecule has 0 aromatic carbocycles. The highest BCUT2D eigenvalue weighted by Crippen LogP contribution is 2.36. The normalized spacial score (nSPS) is 12.4. The van der Waals surface area contributed by atoms with Gasteiger partial charge >= 0.3 is 12.3 Å². The SMILES string of the molecule is CC(C)(C)C(OC(=O)OC(=O)O)C(C)(C)C. The average molecular weight is 232 g/mol. The summed E-state index contributed by atoms with van der Waals surface area (Å²) in [6.45, 7) is 11.5. The number of carboxylic acid groups (broad SMARTS) is 1. The zero-order chi connectivity index (χ0) is 13.1. The van der Waals surface area contributed by atoms with E-state index in [1.165, 1.54) is 0 Å². The Morgan fingerprint density at radius 2 is 1.38 bits per heavy atom. The van der Waals surface area contributed by atoms with Crippen molar-refractivity contribution in [3.05, 3.63) is 0 Å². The third-order valence-electron chi connectivity index (χ3n) is 1.96. The standard InChI is InChI=1S/C11H20O5/c1-10(2,3)7(11(4,5)6)15-9(14)16-8(12)13/h7H,1-6H3,(H,12,13). The van der Waals surface area contributed by atoms with Crippen LogP contribution in [0.1, 0.15) is 41.5 Å². The molecule has 0 saturated heterocycles. The largest absolute Gasteiger partial charge is 0.518 e. The second-order valence-corrected chi connectivity index (χ2v) is 5.85. The molecule has 0 amide bonds. The van der Waals surface area contributed by atoms with Crippen LogP contribution in [0.3, 0.4) is 0 Å². The lowest BCUT2D eigenvalue weighted by atomic mass is 9.74. The van der Waals surface area contributed by atoms with E-state index in [-0.39, 0.29) is 10.8 Å². The Kier molecular flexibility index (Phi) is 4.35. The lowest BCUT2D eigenvalue weighted by molar-refractivity contribution is -0.0613. The van der Waals surface area contributed by atoms with Gasteiger partial charge in [-0.3, -0.25) is 0 Å². The van der Waals surface area contributed by atoms with Gasteiger partial charge < -0.3 is 14.6 Å². The minimum absolute atomic E-state index is 0.296. The van der Waals surface area contributed by atoms with Gasteiger partial charge in [0, 0.05) is 0 Å². The number of rotatable bonds is 1. The van der Waals surface area contributed by atoms with Gasteiger partial charge in [-0.15, -0.1) is 0 Å². The summed E-state index contributed by atoms with van der Waals surface area (Å²) in [5.74, 6) is 0. The van der Waals surface area contributed by atoms with Crippen LogP contribution in [0.15, 0.2) is 0 Å². The third-order valence-corrected chi connectivity index (χ3v) is 1.96. The van der Waals surface area contributed by atoms with Crippen LogP contribution in [-0.2, 0) is 9.47 Å². The molecule has 5 heteroatoms. The van der Waals surface area contributed by atoms with Crippen molar-refractivity contribution in [1.82, 2.24) is 0 Å². The first-order valence-corrected chi connectivity index (χ1v) is 5.06. The van der Waals surface area contributed by atoms with E-state index in [4.69, 9.17) is 9.84 Å². The molecule has 0 bridgehead atoms. The first-order valence-electron chi connectivity index (χ1n) is 5.06. The summed E-state index contributed by atoms with van der Waals surface area (Å²) in [5, 5.41) is 8.28. The number of hydrogen-bond donors (Lipinski definition) is 1. The fourth-order valence-corrected chi connectivity index (χ4v) is 1.84. The summed E-state index contributed by atoms with van der Waals surface area (Å²) >= 11 is 0. The predicted octanol–water partition coefficient (Wildman–Crippen LogP) is 3.28. The van der Waals surface area contributed by atoms with Crippen molar-refractivity contribution in [2.45, 2.75) is 47.6 Å². The highest BCUT2D eigenvalue weighted by atomic mass is 16.8. The molecule has 0 aliphatic rings. The highest BCUT2D eigenvalue weighted by Gasteiger charge is 2.39. The quantitative estimate of drug-likeness (QED) is 0.554. The molecule has 0 saturated carbocycles. The lowest BCUT2D eigenvalue weighted by Crippen LogP contribution is -2.42. The Morgan fingerprint density at radius 1 is 1.00 bits per heavy atom. The molecular weight excluding hydrogens is 212 g/mol. The van der Waals surface area contributed by atoms with Gasteiger partial charge in [-0.05, 0) is 10.8 Å². The van der Waals surface area contributed by atoms with Gasteiger partial charge in [-0.25, -0.2) is 9.59 Å². The third kappa shape index (κ3) is 5.00. The van der Waals surface area contributed by atoms with Gasteiger partial charge in [-0.1, -0.05) is 41.5 Å². The predicted molar refractivity (Wildman–Crippen MR) is 58.3 cm³/mol. The summed E-state index contributed by atoms with van der Waals surface area (Å²) in [7, 11) is 0. The van der Waals surface area contributed by atoms with Crippen molar-refractivity contribution in [2.75, 3.05) is 0 Å². The number of carbonyl (C=O) groups is 2. The topological polar surface area (TPSA) is 72.8 Å². The Balaban J connectivity index is 4.71. The van der Waals surface area contributed by atoms with Crippen molar-refractivity contribution < 1.29 is 24.2 Å². The molecule has 0 heterocycles. The lowest BCUT2D eigenvalue weighted by Gasteiger charge is -2.38. The molecular formula is C11H20O5. The van der Waals surface area contributed by atoms with Crippen LogP contribution < -0.4 is 0 Å². The zero-order valence-corrected chi connectivity index (χ0v) is 10.7. The molecule has 0 aromatic rings. The molecule has 1 N–H and O–H groups in total. The summed E-state index contributed by atoms with van der Waals surface area (Å²) in [6, 6.07) is 0. The van der Waals surface area contributed by atoms with Crippen molar-refractivity contribution in [3.63, 3.8) is 0 Å². The Labute approximate surface area is 95.7 Å². The molecule has 0 spiro atoms. The maximum atomic E-state index is 11.1. The molecule has 0 aliphatic carbocycles. The Bertz CT molecular complexity index is 255. The van der Waals surface area contributed by atoms with E-state index >= 15 is 0 Å². The summed E-state index contributed by atoms with van der Waals surface area (Å²) in [4.78, 5) is 21.3. The van der Waals surface area contributed by atoms with Gasteiger partial charge in [0.05, 0.1) is 0 Å². The highest BCUT2D eigenvalue weighted by molar-refractivity contribution is 5.75. The first kappa shape index (κ1) is 14.7. The van der Waals surface area contributed by atoms with E-state index in [1.54, 1.807) is 0 Å². The summed E-state index contributed by atoms with van der Waals surface area (Å²) in [5.41, 5.74) is -0.592. The smallest absolute Gasteiger partial charge is 0.449 e. The van der Waals surface area contributed by atoms with E-state index in [0.717, 1.165) is 0 Å². The van der Waals surface area contributed by atoms with E-state index in [2.05, 4.69) is 4.74 Å². The van der Waals surface area contributed by atoms with E-state index in [1.807, 2.05) is 41.5 Å². The van der Waals surface area contributed by atoms with Gasteiger partial charge in [0.1, 0.15) is 6.10 Å². The summed E-state index contributed by atoms with van der Waals surface area (Å²) in [6.07, 6.45) is -3.28. The molecule has 0 rings (SSSR count). The van der Waals surface area contributed by atoms with Gasteiger partial charge in [-0.2, -0.15) is 0 Å². The average Bonchev–Trinajstić information content (AvgIpc) is 1.94. The first-order chi connectivity index (χ1) is 6.94.